The summed E-state index contributed by atoms with van der Waals surface area (Å²) in [5, 5.41) is 9.21. The fourth-order valence-corrected chi connectivity index (χ4v) is 5.64. The summed E-state index contributed by atoms with van der Waals surface area (Å²) in [5.74, 6) is 0.284. The monoisotopic (exact) mass is 508 g/mol. The van der Waals surface area contributed by atoms with Crippen molar-refractivity contribution in [2.24, 2.45) is 5.92 Å². The predicted molar refractivity (Wildman–Crippen MR) is 137 cm³/mol. The van der Waals surface area contributed by atoms with Crippen LogP contribution in [0.3, 0.4) is 0 Å². The highest BCUT2D eigenvalue weighted by atomic mass is 32.1. The molecule has 36 heavy (non-hydrogen) atoms. The Hall–Kier alpha value is -3.39. The van der Waals surface area contributed by atoms with E-state index in [0.717, 1.165) is 34.7 Å². The number of rotatable bonds is 9. The van der Waals surface area contributed by atoms with Gasteiger partial charge in [-0.05, 0) is 78.8 Å². The first-order valence-corrected chi connectivity index (χ1v) is 13.1. The van der Waals surface area contributed by atoms with E-state index in [9.17, 15) is 19.1 Å². The molecule has 1 amide bonds. The van der Waals surface area contributed by atoms with Crippen molar-refractivity contribution in [3.8, 4) is 5.75 Å². The molecule has 1 saturated carbocycles. The summed E-state index contributed by atoms with van der Waals surface area (Å²) < 4.78 is 19.1. The number of carbonyl (C=O) groups is 2. The minimum Gasteiger partial charge on any atom is -0.488 e. The molecule has 0 radical (unpaired) electrons. The summed E-state index contributed by atoms with van der Waals surface area (Å²) in [5.41, 5.74) is 2.02. The molecule has 8 heteroatoms. The second-order valence-corrected chi connectivity index (χ2v) is 10.6. The van der Waals surface area contributed by atoms with Crippen molar-refractivity contribution in [3.63, 3.8) is 0 Å². The fraction of sp³-hybridized carbons (Fsp3) is 0.357. The Morgan fingerprint density at radius 2 is 1.67 bits per heavy atom. The number of thiophene rings is 1. The first kappa shape index (κ1) is 24.3. The molecular formula is C28H29FN2O4S. The van der Waals surface area contributed by atoms with Gasteiger partial charge in [0.05, 0.1) is 11.3 Å². The Morgan fingerprint density at radius 3 is 2.31 bits per heavy atom. The number of anilines is 1. The molecule has 2 aromatic carbocycles. The van der Waals surface area contributed by atoms with Gasteiger partial charge in [0, 0.05) is 36.7 Å². The Labute approximate surface area is 213 Å². The lowest BCUT2D eigenvalue weighted by Crippen LogP contribution is -2.48. The maximum absolute atomic E-state index is 13.2. The predicted octanol–water partition coefficient (Wildman–Crippen LogP) is 5.40. The lowest BCUT2D eigenvalue weighted by Gasteiger charge is -2.36. The zero-order valence-corrected chi connectivity index (χ0v) is 20.8. The van der Waals surface area contributed by atoms with E-state index in [1.165, 1.54) is 23.5 Å². The summed E-state index contributed by atoms with van der Waals surface area (Å²) in [6.45, 7) is 3.04. The second kappa shape index (κ2) is 10.7. The van der Waals surface area contributed by atoms with E-state index in [0.29, 0.717) is 43.6 Å². The van der Waals surface area contributed by atoms with Gasteiger partial charge in [-0.15, -0.1) is 11.3 Å². The quantitative estimate of drug-likeness (QED) is 0.419. The van der Waals surface area contributed by atoms with Gasteiger partial charge in [0.25, 0.3) is 5.91 Å². The van der Waals surface area contributed by atoms with E-state index in [4.69, 9.17) is 4.74 Å². The number of halogens is 1. The molecule has 188 valence electrons. The highest BCUT2D eigenvalue weighted by Crippen LogP contribution is 2.44. The van der Waals surface area contributed by atoms with Gasteiger partial charge in [0.15, 0.2) is 0 Å². The lowest BCUT2D eigenvalue weighted by molar-refractivity contribution is -0.137. The van der Waals surface area contributed by atoms with Crippen molar-refractivity contribution in [1.29, 1.82) is 0 Å². The zero-order chi connectivity index (χ0) is 25.1. The van der Waals surface area contributed by atoms with Crippen LogP contribution in [0.5, 0.6) is 5.75 Å². The first-order chi connectivity index (χ1) is 17.5. The first-order valence-electron chi connectivity index (χ1n) is 12.3. The third-order valence-electron chi connectivity index (χ3n) is 6.91. The van der Waals surface area contributed by atoms with Gasteiger partial charge in [-0.2, -0.15) is 0 Å². The molecular weight excluding hydrogens is 479 g/mol. The number of piperazine rings is 1. The average molecular weight is 509 g/mol. The average Bonchev–Trinajstić information content (AvgIpc) is 3.63. The molecule has 1 aromatic heterocycles. The molecule has 2 fully saturated rings. The number of benzene rings is 2. The number of carboxylic acids is 1. The molecule has 1 atom stereocenters. The van der Waals surface area contributed by atoms with Crippen LogP contribution in [0.1, 0.15) is 45.3 Å². The van der Waals surface area contributed by atoms with Gasteiger partial charge in [0.2, 0.25) is 0 Å². The molecule has 1 saturated heterocycles. The highest BCUT2D eigenvalue weighted by molar-refractivity contribution is 7.14. The van der Waals surface area contributed by atoms with Crippen LogP contribution in [0.15, 0.2) is 60.7 Å². The summed E-state index contributed by atoms with van der Waals surface area (Å²) in [4.78, 5) is 29.9. The van der Waals surface area contributed by atoms with E-state index < -0.39 is 5.97 Å². The van der Waals surface area contributed by atoms with Crippen molar-refractivity contribution in [1.82, 2.24) is 4.90 Å². The zero-order valence-electron chi connectivity index (χ0n) is 19.9. The summed E-state index contributed by atoms with van der Waals surface area (Å²) >= 11 is 1.44. The summed E-state index contributed by atoms with van der Waals surface area (Å²) in [7, 11) is 0. The normalized spacial score (nSPS) is 16.6. The minimum absolute atomic E-state index is 0.0268. The smallest absolute Gasteiger partial charge is 0.303 e. The van der Waals surface area contributed by atoms with E-state index in [1.807, 2.05) is 41.3 Å². The largest absolute Gasteiger partial charge is 0.488 e. The number of nitrogens with zero attached hydrogens (tertiary/aromatic N) is 2. The molecule has 1 aliphatic carbocycles. The van der Waals surface area contributed by atoms with E-state index in [2.05, 4.69) is 4.90 Å². The van der Waals surface area contributed by atoms with Crippen LogP contribution >= 0.6 is 11.3 Å². The highest BCUT2D eigenvalue weighted by Gasteiger charge is 2.33. The molecule has 5 rings (SSSR count). The molecule has 1 N–H and O–H groups in total. The molecule has 0 bridgehead atoms. The van der Waals surface area contributed by atoms with E-state index in [-0.39, 0.29) is 24.1 Å². The van der Waals surface area contributed by atoms with Crippen molar-refractivity contribution in [2.45, 2.75) is 31.8 Å². The number of ether oxygens (including phenoxy) is 1. The SMILES string of the molecule is O=C(O)CC(c1ccc(OCc2ccc(C(=O)N3CCN(c4ccc(F)cc4)CC3)s2)cc1)C1CC1. The van der Waals surface area contributed by atoms with Crippen LogP contribution in [0.4, 0.5) is 10.1 Å². The Morgan fingerprint density at radius 1 is 0.972 bits per heavy atom. The van der Waals surface area contributed by atoms with Crippen LogP contribution in [-0.2, 0) is 11.4 Å². The third kappa shape index (κ3) is 5.87. The van der Waals surface area contributed by atoms with Crippen LogP contribution in [0.2, 0.25) is 0 Å². The fourth-order valence-electron chi connectivity index (χ4n) is 4.76. The van der Waals surface area contributed by atoms with Crippen LogP contribution in [0, 0.1) is 11.7 Å². The van der Waals surface area contributed by atoms with E-state index in [1.54, 1.807) is 12.1 Å². The number of aliphatic carboxylic acids is 1. The van der Waals surface area contributed by atoms with Crippen molar-refractivity contribution in [2.75, 3.05) is 31.1 Å². The molecule has 1 aliphatic heterocycles. The second-order valence-electron chi connectivity index (χ2n) is 9.42. The molecule has 2 aliphatic rings. The van der Waals surface area contributed by atoms with E-state index >= 15 is 0 Å². The van der Waals surface area contributed by atoms with Crippen molar-refractivity contribution in [3.05, 3.63) is 81.8 Å². The Kier molecular flexibility index (Phi) is 7.23. The Bertz CT molecular complexity index is 1200. The van der Waals surface area contributed by atoms with Gasteiger partial charge >= 0.3 is 5.97 Å². The maximum Gasteiger partial charge on any atom is 0.303 e. The number of hydrogen-bond donors (Lipinski definition) is 1. The van der Waals surface area contributed by atoms with Gasteiger partial charge in [-0.1, -0.05) is 12.1 Å². The van der Waals surface area contributed by atoms with Crippen LogP contribution < -0.4 is 9.64 Å². The van der Waals surface area contributed by atoms with Gasteiger partial charge in [0.1, 0.15) is 18.2 Å². The molecule has 1 unspecified atom stereocenters. The third-order valence-corrected chi connectivity index (χ3v) is 7.95. The van der Waals surface area contributed by atoms with Crippen LogP contribution in [-0.4, -0.2) is 48.1 Å². The minimum atomic E-state index is -0.759. The van der Waals surface area contributed by atoms with Gasteiger partial charge in [-0.25, -0.2) is 4.39 Å². The van der Waals surface area contributed by atoms with Gasteiger partial charge in [-0.3, -0.25) is 9.59 Å². The maximum atomic E-state index is 13.2. The molecule has 2 heterocycles. The Balaban J connectivity index is 1.12. The standard InChI is InChI=1S/C28H29FN2O4S/c29-21-5-7-22(8-6-21)30-13-15-31(16-14-30)28(34)26-12-11-24(36-26)18-35-23-9-3-20(4-10-23)25(17-27(32)33)19-1-2-19/h3-12,19,25H,1-2,13-18H2,(H,32,33). The van der Waals surface area contributed by atoms with Crippen LogP contribution in [0.25, 0.3) is 0 Å². The van der Waals surface area contributed by atoms with Gasteiger partial charge < -0.3 is 19.6 Å². The molecule has 3 aromatic rings. The topological polar surface area (TPSA) is 70.1 Å². The van der Waals surface area contributed by atoms with Crippen molar-refractivity contribution >= 4 is 28.9 Å². The lowest BCUT2D eigenvalue weighted by atomic mass is 9.91. The number of hydrogen-bond acceptors (Lipinski definition) is 5. The number of amides is 1. The summed E-state index contributed by atoms with van der Waals surface area (Å²) in [6.07, 6.45) is 2.36. The molecule has 0 spiro atoms. The number of carbonyl (C=O) groups excluding carboxylic acids is 1. The number of carboxylic acid groups (broad SMARTS) is 1. The molecule has 6 nitrogen and oxygen atoms in total. The summed E-state index contributed by atoms with van der Waals surface area (Å²) in [6, 6.07) is 18.0. The van der Waals surface area contributed by atoms with Crippen molar-refractivity contribution < 1.29 is 23.8 Å².